The zero-order valence-electron chi connectivity index (χ0n) is 6.38. The van der Waals surface area contributed by atoms with Crippen molar-refractivity contribution in [3.63, 3.8) is 0 Å². The molecule has 3 N–H and O–H groups in total. The smallest absolute Gasteiger partial charge is 0.250 e. The van der Waals surface area contributed by atoms with Gasteiger partial charge in [-0.3, -0.25) is 5.09 Å². The lowest BCUT2D eigenvalue weighted by molar-refractivity contribution is 0.462. The largest absolute Gasteiger partial charge is 0.338 e. The van der Waals surface area contributed by atoms with Gasteiger partial charge in [0, 0.05) is 6.54 Å². The van der Waals surface area contributed by atoms with Crippen molar-refractivity contribution in [1.82, 2.24) is 5.09 Å². The second-order valence-electron chi connectivity index (χ2n) is 2.26. The molecule has 0 aromatic rings. The molecule has 0 atom stereocenters. The lowest BCUT2D eigenvalue weighted by atomic mass is 10.2. The van der Waals surface area contributed by atoms with E-state index in [1.54, 1.807) is 0 Å². The Kier molecular flexibility index (Phi) is 7.65. The molecule has 3 nitrogen and oxygen atoms in total. The minimum absolute atomic E-state index is 0.721. The van der Waals surface area contributed by atoms with Crippen LogP contribution in [0.25, 0.3) is 0 Å². The Bertz CT molecular complexity index is 70.8. The van der Waals surface area contributed by atoms with Gasteiger partial charge in [0.1, 0.15) is 0 Å². The maximum atomic E-state index is 8.42. The lowest BCUT2D eigenvalue weighted by Gasteiger charge is -2.03. The summed E-state index contributed by atoms with van der Waals surface area (Å²) in [6.45, 7) is 2.87. The van der Waals surface area contributed by atoms with Crippen molar-refractivity contribution < 1.29 is 9.79 Å². The van der Waals surface area contributed by atoms with Gasteiger partial charge >= 0.3 is 0 Å². The fourth-order valence-corrected chi connectivity index (χ4v) is 1.09. The third-order valence-corrected chi connectivity index (χ3v) is 1.79. The van der Waals surface area contributed by atoms with Gasteiger partial charge in [-0.05, 0) is 6.42 Å². The Balaban J connectivity index is 2.77. The molecule has 0 heterocycles. The highest BCUT2D eigenvalue weighted by molar-refractivity contribution is 7.42. The molecule has 0 radical (unpaired) electrons. The molecule has 0 aliphatic rings. The fraction of sp³-hybridized carbons (Fsp3) is 1.00. The molecule has 0 rings (SSSR count). The van der Waals surface area contributed by atoms with Gasteiger partial charge in [-0.1, -0.05) is 26.2 Å². The van der Waals surface area contributed by atoms with Gasteiger partial charge in [-0.15, -0.1) is 0 Å². The maximum Gasteiger partial charge on any atom is 0.250 e. The summed E-state index contributed by atoms with van der Waals surface area (Å²) in [6, 6.07) is 0. The molecule has 0 unspecified atom stereocenters. The van der Waals surface area contributed by atoms with Crippen LogP contribution in [0.15, 0.2) is 0 Å². The molecular weight excluding hydrogens is 149 g/mol. The van der Waals surface area contributed by atoms with Gasteiger partial charge in [0.2, 0.25) is 8.53 Å². The van der Waals surface area contributed by atoms with Crippen LogP contribution >= 0.6 is 8.53 Å². The molecule has 0 amide bonds. The Morgan fingerprint density at radius 3 is 2.40 bits per heavy atom. The molecule has 0 spiro atoms. The van der Waals surface area contributed by atoms with Crippen LogP contribution in [0.5, 0.6) is 0 Å². The van der Waals surface area contributed by atoms with E-state index in [-0.39, 0.29) is 0 Å². The van der Waals surface area contributed by atoms with Gasteiger partial charge in [0.25, 0.3) is 0 Å². The van der Waals surface area contributed by atoms with E-state index in [0.717, 1.165) is 13.0 Å². The highest BCUT2D eigenvalue weighted by Crippen LogP contribution is 2.14. The van der Waals surface area contributed by atoms with Gasteiger partial charge in [-0.2, -0.15) is 0 Å². The molecule has 0 bridgehead atoms. The summed E-state index contributed by atoms with van der Waals surface area (Å²) in [7, 11) is -1.87. The van der Waals surface area contributed by atoms with Crippen LogP contribution in [0.1, 0.15) is 32.6 Å². The van der Waals surface area contributed by atoms with Crippen molar-refractivity contribution in [2.75, 3.05) is 6.54 Å². The van der Waals surface area contributed by atoms with Gasteiger partial charge in [0.05, 0.1) is 0 Å². The van der Waals surface area contributed by atoms with Crippen molar-refractivity contribution in [2.45, 2.75) is 32.6 Å². The third kappa shape index (κ3) is 8.31. The van der Waals surface area contributed by atoms with Crippen LogP contribution in [0.3, 0.4) is 0 Å². The predicted octanol–water partition coefficient (Wildman–Crippen LogP) is 1.37. The molecule has 0 aliphatic heterocycles. The average molecular weight is 165 g/mol. The first-order chi connectivity index (χ1) is 4.77. The molecule has 0 aliphatic carbocycles. The van der Waals surface area contributed by atoms with E-state index in [0.29, 0.717) is 0 Å². The normalized spacial score (nSPS) is 10.8. The third-order valence-electron chi connectivity index (χ3n) is 1.28. The SMILES string of the molecule is CCCCCCNP(O)O. The minimum Gasteiger partial charge on any atom is -0.338 e. The van der Waals surface area contributed by atoms with E-state index in [4.69, 9.17) is 9.79 Å². The predicted molar refractivity (Wildman–Crippen MR) is 43.5 cm³/mol. The molecule has 0 fully saturated rings. The van der Waals surface area contributed by atoms with Crippen LogP contribution in [0.2, 0.25) is 0 Å². The van der Waals surface area contributed by atoms with E-state index in [2.05, 4.69) is 12.0 Å². The van der Waals surface area contributed by atoms with Crippen molar-refractivity contribution in [3.8, 4) is 0 Å². The van der Waals surface area contributed by atoms with E-state index < -0.39 is 8.53 Å². The summed E-state index contributed by atoms with van der Waals surface area (Å²) in [5, 5.41) is 2.58. The van der Waals surface area contributed by atoms with Gasteiger partial charge in [0.15, 0.2) is 0 Å². The average Bonchev–Trinajstić information content (AvgIpc) is 1.87. The van der Waals surface area contributed by atoms with E-state index >= 15 is 0 Å². The first kappa shape index (κ1) is 10.3. The maximum absolute atomic E-state index is 8.42. The summed E-state index contributed by atoms with van der Waals surface area (Å²) >= 11 is 0. The Labute approximate surface area is 63.4 Å². The molecule has 0 saturated carbocycles. The monoisotopic (exact) mass is 165 g/mol. The standard InChI is InChI=1S/C6H16NO2P/c1-2-3-4-5-6-7-10(8)9/h7-9H,2-6H2,1H3. The topological polar surface area (TPSA) is 52.5 Å². The molecule has 4 heteroatoms. The zero-order chi connectivity index (χ0) is 7.82. The molecule has 0 saturated heterocycles. The second kappa shape index (κ2) is 7.42. The number of unbranched alkanes of at least 4 members (excludes halogenated alkanes) is 3. The van der Waals surface area contributed by atoms with Crippen LogP contribution in [-0.4, -0.2) is 16.3 Å². The van der Waals surface area contributed by atoms with Crippen molar-refractivity contribution in [2.24, 2.45) is 0 Å². The Morgan fingerprint density at radius 2 is 1.90 bits per heavy atom. The quantitative estimate of drug-likeness (QED) is 0.411. The van der Waals surface area contributed by atoms with Gasteiger partial charge < -0.3 is 9.79 Å². The van der Waals surface area contributed by atoms with E-state index in [9.17, 15) is 0 Å². The summed E-state index contributed by atoms with van der Waals surface area (Å²) in [4.78, 5) is 16.8. The zero-order valence-corrected chi connectivity index (χ0v) is 7.27. The molecule has 10 heavy (non-hydrogen) atoms. The lowest BCUT2D eigenvalue weighted by Crippen LogP contribution is -2.07. The summed E-state index contributed by atoms with van der Waals surface area (Å²) in [5.41, 5.74) is 0. The number of rotatable bonds is 6. The highest BCUT2D eigenvalue weighted by atomic mass is 31.2. The highest BCUT2D eigenvalue weighted by Gasteiger charge is 1.94. The van der Waals surface area contributed by atoms with Crippen LogP contribution in [0.4, 0.5) is 0 Å². The summed E-state index contributed by atoms with van der Waals surface area (Å²) < 4.78 is 0. The van der Waals surface area contributed by atoms with Crippen LogP contribution in [0, 0.1) is 0 Å². The van der Waals surface area contributed by atoms with Crippen molar-refractivity contribution in [3.05, 3.63) is 0 Å². The van der Waals surface area contributed by atoms with E-state index in [1.165, 1.54) is 19.3 Å². The summed E-state index contributed by atoms with van der Waals surface area (Å²) in [6.07, 6.45) is 4.66. The number of nitrogens with one attached hydrogen (secondary N) is 1. The first-order valence-electron chi connectivity index (χ1n) is 3.68. The van der Waals surface area contributed by atoms with Crippen molar-refractivity contribution in [1.29, 1.82) is 0 Å². The van der Waals surface area contributed by atoms with Crippen LogP contribution in [-0.2, 0) is 0 Å². The molecule has 62 valence electrons. The Hall–Kier alpha value is 0.310. The minimum atomic E-state index is -1.87. The molecule has 0 aromatic carbocycles. The molecular formula is C6H16NO2P. The second-order valence-corrected chi connectivity index (χ2v) is 3.15. The van der Waals surface area contributed by atoms with Crippen LogP contribution < -0.4 is 5.09 Å². The Morgan fingerprint density at radius 1 is 1.20 bits per heavy atom. The number of hydrogen-bond donors (Lipinski definition) is 3. The fourth-order valence-electron chi connectivity index (χ4n) is 0.731. The first-order valence-corrected chi connectivity index (χ1v) is 4.93. The molecule has 0 aromatic heterocycles. The summed E-state index contributed by atoms with van der Waals surface area (Å²) in [5.74, 6) is 0. The number of hydrogen-bond acceptors (Lipinski definition) is 3. The van der Waals surface area contributed by atoms with Crippen molar-refractivity contribution >= 4 is 8.53 Å². The van der Waals surface area contributed by atoms with Gasteiger partial charge in [-0.25, -0.2) is 0 Å². The van der Waals surface area contributed by atoms with E-state index in [1.807, 2.05) is 0 Å².